The van der Waals surface area contributed by atoms with Gasteiger partial charge < -0.3 is 21.1 Å². The topological polar surface area (TPSA) is 120 Å². The molecule has 2 aromatic carbocycles. The number of nitrogen functional groups attached to an aromatic ring is 1. The number of hydrogen-bond acceptors (Lipinski definition) is 6. The molecule has 0 aliphatic carbocycles. The van der Waals surface area contributed by atoms with Crippen LogP contribution in [0.5, 0.6) is 5.75 Å². The Bertz CT molecular complexity index is 1160. The van der Waals surface area contributed by atoms with Crippen molar-refractivity contribution in [2.24, 2.45) is 0 Å². The molecule has 0 spiro atoms. The third-order valence-electron chi connectivity index (χ3n) is 4.07. The number of amides is 2. The van der Waals surface area contributed by atoms with E-state index >= 15 is 0 Å². The van der Waals surface area contributed by atoms with Gasteiger partial charge in [-0.2, -0.15) is 5.10 Å². The molecule has 4 N–H and O–H groups in total. The van der Waals surface area contributed by atoms with Crippen LogP contribution in [0.2, 0.25) is 0 Å². The first-order chi connectivity index (χ1) is 13.6. The third-order valence-corrected chi connectivity index (χ3v) is 4.07. The second-order valence-electron chi connectivity index (χ2n) is 5.91. The summed E-state index contributed by atoms with van der Waals surface area (Å²) in [6, 6.07) is 14.0. The maximum Gasteiger partial charge on any atom is 0.323 e. The zero-order valence-electron chi connectivity index (χ0n) is 15.0. The average Bonchev–Trinajstić information content (AvgIpc) is 3.14. The Morgan fingerprint density at radius 1 is 1.07 bits per heavy atom. The molecule has 2 heterocycles. The van der Waals surface area contributed by atoms with Crippen molar-refractivity contribution in [3.05, 3.63) is 61.1 Å². The number of rotatable bonds is 4. The van der Waals surface area contributed by atoms with Gasteiger partial charge in [-0.3, -0.25) is 0 Å². The fourth-order valence-corrected chi connectivity index (χ4v) is 2.76. The van der Waals surface area contributed by atoms with Gasteiger partial charge in [-0.1, -0.05) is 12.1 Å². The molecule has 0 radical (unpaired) electrons. The normalized spacial score (nSPS) is 10.6. The van der Waals surface area contributed by atoms with E-state index in [4.69, 9.17) is 10.5 Å². The monoisotopic (exact) mass is 375 g/mol. The number of ether oxygens (including phenoxy) is 1. The molecule has 0 saturated heterocycles. The summed E-state index contributed by atoms with van der Waals surface area (Å²) in [5, 5.41) is 10.6. The van der Waals surface area contributed by atoms with Crippen LogP contribution >= 0.6 is 0 Å². The van der Waals surface area contributed by atoms with Crippen molar-refractivity contribution in [3.8, 4) is 11.4 Å². The number of methoxy groups -OCH3 is 1. The summed E-state index contributed by atoms with van der Waals surface area (Å²) >= 11 is 0. The predicted octanol–water partition coefficient (Wildman–Crippen LogP) is 3.05. The largest absolute Gasteiger partial charge is 0.497 e. The number of nitrogens with two attached hydrogens (primary N) is 1. The number of fused-ring (bicyclic) bond motifs is 1. The van der Waals surface area contributed by atoms with Gasteiger partial charge in [-0.25, -0.2) is 19.4 Å². The van der Waals surface area contributed by atoms with Crippen LogP contribution in [0.4, 0.5) is 22.0 Å². The van der Waals surface area contributed by atoms with E-state index in [-0.39, 0.29) is 6.03 Å². The highest BCUT2D eigenvalue weighted by Gasteiger charge is 2.10. The van der Waals surface area contributed by atoms with Crippen LogP contribution in [0.15, 0.2) is 61.1 Å². The van der Waals surface area contributed by atoms with Gasteiger partial charge in [0.05, 0.1) is 24.4 Å². The van der Waals surface area contributed by atoms with Crippen LogP contribution in [-0.4, -0.2) is 32.9 Å². The molecule has 2 aromatic heterocycles. The van der Waals surface area contributed by atoms with Gasteiger partial charge >= 0.3 is 6.03 Å². The lowest BCUT2D eigenvalue weighted by molar-refractivity contribution is 0.262. The second kappa shape index (κ2) is 7.23. The van der Waals surface area contributed by atoms with Crippen molar-refractivity contribution in [2.45, 2.75) is 0 Å². The number of carbonyl (C=O) groups excluding carboxylic acids is 1. The van der Waals surface area contributed by atoms with Crippen LogP contribution in [-0.2, 0) is 0 Å². The van der Waals surface area contributed by atoms with Gasteiger partial charge in [0.1, 0.15) is 17.9 Å². The van der Waals surface area contributed by atoms with Gasteiger partial charge in [0, 0.05) is 17.4 Å². The maximum atomic E-state index is 12.3. The number of aromatic nitrogens is 4. The number of urea groups is 1. The van der Waals surface area contributed by atoms with E-state index in [0.717, 1.165) is 5.69 Å². The van der Waals surface area contributed by atoms with Crippen molar-refractivity contribution in [3.63, 3.8) is 0 Å². The summed E-state index contributed by atoms with van der Waals surface area (Å²) < 4.78 is 6.79. The SMILES string of the molecule is COc1cccc(NC(=O)Nc2cccc(-n3ncc4c(N)ncnc43)c2)c1. The molecule has 0 atom stereocenters. The van der Waals surface area contributed by atoms with Crippen LogP contribution < -0.4 is 21.1 Å². The Balaban J connectivity index is 1.55. The van der Waals surface area contributed by atoms with Crippen LogP contribution in [0.1, 0.15) is 0 Å². The third kappa shape index (κ3) is 3.40. The number of nitrogens with zero attached hydrogens (tertiary/aromatic N) is 4. The van der Waals surface area contributed by atoms with Crippen LogP contribution in [0.3, 0.4) is 0 Å². The fourth-order valence-electron chi connectivity index (χ4n) is 2.76. The van der Waals surface area contributed by atoms with Gasteiger partial charge in [0.25, 0.3) is 0 Å². The Kier molecular flexibility index (Phi) is 4.47. The van der Waals surface area contributed by atoms with Crippen molar-refractivity contribution >= 4 is 34.3 Å². The Morgan fingerprint density at radius 2 is 1.82 bits per heavy atom. The van der Waals surface area contributed by atoms with Gasteiger partial charge in [0.2, 0.25) is 0 Å². The zero-order valence-corrected chi connectivity index (χ0v) is 15.0. The molecule has 2 amide bonds. The lowest BCUT2D eigenvalue weighted by Gasteiger charge is -2.10. The molecule has 0 aliphatic heterocycles. The van der Waals surface area contributed by atoms with E-state index in [1.54, 1.807) is 54.4 Å². The van der Waals surface area contributed by atoms with E-state index in [2.05, 4.69) is 25.7 Å². The van der Waals surface area contributed by atoms with E-state index in [9.17, 15) is 4.79 Å². The van der Waals surface area contributed by atoms with Crippen LogP contribution in [0.25, 0.3) is 16.7 Å². The minimum atomic E-state index is -0.373. The minimum Gasteiger partial charge on any atom is -0.497 e. The van der Waals surface area contributed by atoms with E-state index < -0.39 is 0 Å². The van der Waals surface area contributed by atoms with Gasteiger partial charge in [-0.05, 0) is 30.3 Å². The highest BCUT2D eigenvalue weighted by molar-refractivity contribution is 6.00. The van der Waals surface area contributed by atoms with Crippen molar-refractivity contribution in [2.75, 3.05) is 23.5 Å². The molecule has 4 rings (SSSR count). The molecular weight excluding hydrogens is 358 g/mol. The first kappa shape index (κ1) is 17.3. The summed E-state index contributed by atoms with van der Waals surface area (Å²) in [4.78, 5) is 20.5. The molecule has 0 aliphatic rings. The molecule has 0 fully saturated rings. The van der Waals surface area contributed by atoms with Crippen LogP contribution in [0, 0.1) is 0 Å². The number of anilines is 3. The lowest BCUT2D eigenvalue weighted by Crippen LogP contribution is -2.19. The smallest absolute Gasteiger partial charge is 0.323 e. The van der Waals surface area contributed by atoms with Crippen molar-refractivity contribution < 1.29 is 9.53 Å². The minimum absolute atomic E-state index is 0.364. The van der Waals surface area contributed by atoms with Crippen molar-refractivity contribution in [1.82, 2.24) is 19.7 Å². The Morgan fingerprint density at radius 3 is 2.61 bits per heavy atom. The molecule has 9 heteroatoms. The van der Waals surface area contributed by atoms with E-state index in [0.29, 0.717) is 34.0 Å². The lowest BCUT2D eigenvalue weighted by atomic mass is 10.2. The van der Waals surface area contributed by atoms with E-state index in [1.165, 1.54) is 6.33 Å². The summed E-state index contributed by atoms with van der Waals surface area (Å²) in [7, 11) is 1.57. The van der Waals surface area contributed by atoms with Gasteiger partial charge in [-0.15, -0.1) is 0 Å². The first-order valence-corrected chi connectivity index (χ1v) is 8.41. The zero-order chi connectivity index (χ0) is 19.5. The number of carbonyl (C=O) groups is 1. The molecule has 0 bridgehead atoms. The van der Waals surface area contributed by atoms with Gasteiger partial charge in [0.15, 0.2) is 5.65 Å². The fraction of sp³-hybridized carbons (Fsp3) is 0.0526. The Hall–Kier alpha value is -4.14. The molecule has 28 heavy (non-hydrogen) atoms. The summed E-state index contributed by atoms with van der Waals surface area (Å²) in [6.45, 7) is 0. The molecule has 4 aromatic rings. The molecule has 9 nitrogen and oxygen atoms in total. The number of nitrogens with one attached hydrogen (secondary N) is 2. The number of benzene rings is 2. The molecular formula is C19H17N7O2. The summed E-state index contributed by atoms with van der Waals surface area (Å²) in [5.41, 5.74) is 8.40. The first-order valence-electron chi connectivity index (χ1n) is 8.41. The molecule has 140 valence electrons. The standard InChI is InChI=1S/C19H17N7O2/c1-28-15-7-3-5-13(9-15)25-19(27)24-12-4-2-6-14(8-12)26-18-16(10-23-26)17(20)21-11-22-18/h2-11H,1H3,(H2,20,21,22)(H2,24,25,27). The number of hydrogen-bond donors (Lipinski definition) is 3. The maximum absolute atomic E-state index is 12.3. The predicted molar refractivity (Wildman–Crippen MR) is 107 cm³/mol. The quantitative estimate of drug-likeness (QED) is 0.504. The highest BCUT2D eigenvalue weighted by Crippen LogP contribution is 2.22. The second-order valence-corrected chi connectivity index (χ2v) is 5.91. The van der Waals surface area contributed by atoms with Crippen molar-refractivity contribution in [1.29, 1.82) is 0 Å². The summed E-state index contributed by atoms with van der Waals surface area (Å²) in [5.74, 6) is 1.02. The molecule has 0 saturated carbocycles. The van der Waals surface area contributed by atoms with E-state index in [1.807, 2.05) is 12.1 Å². The summed E-state index contributed by atoms with van der Waals surface area (Å²) in [6.07, 6.45) is 3.00. The average molecular weight is 375 g/mol. The Labute approximate surface area is 160 Å². The highest BCUT2D eigenvalue weighted by atomic mass is 16.5. The molecule has 0 unspecified atom stereocenters.